The molecule has 0 saturated heterocycles. The van der Waals surface area contributed by atoms with Gasteiger partial charge in [0.1, 0.15) is 11.2 Å². The molecule has 0 unspecified atom stereocenters. The summed E-state index contributed by atoms with van der Waals surface area (Å²) in [5.74, 6) is 1.82. The van der Waals surface area contributed by atoms with Crippen LogP contribution in [-0.2, 0) is 0 Å². The highest BCUT2D eigenvalue weighted by Crippen LogP contribution is 2.44. The first-order chi connectivity index (χ1) is 27.8. The van der Waals surface area contributed by atoms with Gasteiger partial charge in [0.05, 0.1) is 16.4 Å². The quantitative estimate of drug-likeness (QED) is 0.172. The van der Waals surface area contributed by atoms with E-state index >= 15 is 0 Å². The molecule has 0 bridgehead atoms. The van der Waals surface area contributed by atoms with Crippen molar-refractivity contribution in [2.75, 3.05) is 0 Å². The second-order valence-corrected chi connectivity index (χ2v) is 14.0. The van der Waals surface area contributed by atoms with Crippen molar-refractivity contribution in [3.05, 3.63) is 194 Å². The largest absolute Gasteiger partial charge is 0.456 e. The Hall–Kier alpha value is -7.63. The topological polar surface area (TPSA) is 56.7 Å². The first-order valence-electron chi connectivity index (χ1n) is 18.8. The summed E-state index contributed by atoms with van der Waals surface area (Å²) < 4.78 is 9.08. The normalized spacial score (nSPS) is 11.6. The van der Waals surface area contributed by atoms with Crippen LogP contribution in [0.4, 0.5) is 0 Å². The van der Waals surface area contributed by atoms with E-state index in [1.54, 1.807) is 0 Å². The highest BCUT2D eigenvalue weighted by molar-refractivity contribution is 6.26. The summed E-state index contributed by atoms with van der Waals surface area (Å²) in [5, 5.41) is 4.31. The summed E-state index contributed by atoms with van der Waals surface area (Å²) in [5.41, 5.74) is 12.3. The van der Waals surface area contributed by atoms with E-state index < -0.39 is 0 Å². The first-order valence-corrected chi connectivity index (χ1v) is 18.8. The highest BCUT2D eigenvalue weighted by Gasteiger charge is 2.23. The summed E-state index contributed by atoms with van der Waals surface area (Å²) in [7, 11) is 0. The van der Waals surface area contributed by atoms with Gasteiger partial charge in [0.25, 0.3) is 0 Å². The Morgan fingerprint density at radius 3 is 1.59 bits per heavy atom. The van der Waals surface area contributed by atoms with Gasteiger partial charge in [-0.3, -0.25) is 0 Å². The minimum Gasteiger partial charge on any atom is -0.456 e. The molecule has 0 saturated carbocycles. The zero-order valence-corrected chi connectivity index (χ0v) is 30.2. The molecule has 0 atom stereocenters. The lowest BCUT2D eigenvalue weighted by Gasteiger charge is -2.12. The molecule has 0 radical (unpaired) electrons. The lowest BCUT2D eigenvalue weighted by molar-refractivity contribution is 0.669. The van der Waals surface area contributed by atoms with Crippen molar-refractivity contribution < 1.29 is 4.42 Å². The molecule has 5 heteroatoms. The van der Waals surface area contributed by atoms with Gasteiger partial charge in [0, 0.05) is 38.5 Å². The number of para-hydroxylation sites is 1. The third-order valence-corrected chi connectivity index (χ3v) is 10.7. The van der Waals surface area contributed by atoms with Crippen LogP contribution in [0.3, 0.4) is 0 Å². The lowest BCUT2D eigenvalue weighted by Crippen LogP contribution is -2.00. The van der Waals surface area contributed by atoms with Gasteiger partial charge in [-0.2, -0.15) is 0 Å². The number of rotatable bonds is 6. The van der Waals surface area contributed by atoms with Gasteiger partial charge in [-0.05, 0) is 58.7 Å². The molecule has 3 aromatic heterocycles. The van der Waals surface area contributed by atoms with Crippen LogP contribution >= 0.6 is 0 Å². The van der Waals surface area contributed by atoms with Crippen molar-refractivity contribution in [2.24, 2.45) is 0 Å². The average molecular weight is 717 g/mol. The number of nitrogens with zero attached hydrogens (tertiary/aromatic N) is 4. The van der Waals surface area contributed by atoms with Crippen LogP contribution in [0.1, 0.15) is 0 Å². The Labute approximate surface area is 322 Å². The van der Waals surface area contributed by atoms with E-state index in [2.05, 4.69) is 126 Å². The molecule has 8 aromatic carbocycles. The molecule has 0 N–H and O–H groups in total. The predicted molar refractivity (Wildman–Crippen MR) is 229 cm³/mol. The van der Waals surface area contributed by atoms with Gasteiger partial charge < -0.3 is 8.98 Å². The van der Waals surface area contributed by atoms with Crippen LogP contribution in [0.2, 0.25) is 0 Å². The highest BCUT2D eigenvalue weighted by atomic mass is 16.3. The summed E-state index contributed by atoms with van der Waals surface area (Å²) >= 11 is 0. The number of aromatic nitrogens is 4. The van der Waals surface area contributed by atoms with E-state index in [0.717, 1.165) is 71.9 Å². The average Bonchev–Trinajstić information content (AvgIpc) is 3.83. The fourth-order valence-corrected chi connectivity index (χ4v) is 8.05. The van der Waals surface area contributed by atoms with Crippen LogP contribution < -0.4 is 0 Å². The molecule has 3 heterocycles. The Morgan fingerprint density at radius 2 is 0.893 bits per heavy atom. The first kappa shape index (κ1) is 31.9. The van der Waals surface area contributed by atoms with Gasteiger partial charge in [-0.15, -0.1) is 0 Å². The van der Waals surface area contributed by atoms with Gasteiger partial charge in [0.15, 0.2) is 17.5 Å². The zero-order chi connectivity index (χ0) is 37.0. The fraction of sp³-hybridized carbons (Fsp3) is 0. The Morgan fingerprint density at radius 1 is 0.357 bits per heavy atom. The van der Waals surface area contributed by atoms with Crippen molar-refractivity contribution >= 4 is 43.7 Å². The van der Waals surface area contributed by atoms with E-state index in [4.69, 9.17) is 19.4 Å². The van der Waals surface area contributed by atoms with Crippen LogP contribution in [0, 0.1) is 0 Å². The molecule has 0 aliphatic carbocycles. The third-order valence-electron chi connectivity index (χ3n) is 10.7. The lowest BCUT2D eigenvalue weighted by atomic mass is 10.00. The molecule has 56 heavy (non-hydrogen) atoms. The third kappa shape index (κ3) is 5.29. The molecule has 262 valence electrons. The summed E-state index contributed by atoms with van der Waals surface area (Å²) in [6, 6.07) is 67.4. The van der Waals surface area contributed by atoms with Gasteiger partial charge in [0.2, 0.25) is 0 Å². The SMILES string of the molecule is c1ccc(-c2ccc(-c3cccc(-n4c5ccccc5c5ccc6oc7cccc(-c8nc(-c9ccccc9)nc(-c9ccccc9)n8)c7c6c54)c3)cc2)cc1. The molecule has 11 rings (SSSR count). The Bertz CT molecular complexity index is 3160. The molecule has 0 amide bonds. The summed E-state index contributed by atoms with van der Waals surface area (Å²) in [6.45, 7) is 0. The van der Waals surface area contributed by atoms with Crippen molar-refractivity contribution in [2.45, 2.75) is 0 Å². The van der Waals surface area contributed by atoms with Crippen molar-refractivity contribution in [3.63, 3.8) is 0 Å². The molecule has 5 nitrogen and oxygen atoms in total. The standard InChI is InChI=1S/C51H32N4O/c1-4-14-33(15-5-1)34-26-28-35(29-27-34)38-20-12-21-39(32-38)55-43-24-11-10-22-40(43)41-30-31-45-47(48(41)55)46-42(23-13-25-44(46)56-45)51-53-49(36-16-6-2-7-17-36)52-50(54-51)37-18-8-3-9-19-37/h1-32H. The van der Waals surface area contributed by atoms with Crippen LogP contribution in [0.15, 0.2) is 199 Å². The monoisotopic (exact) mass is 716 g/mol. The van der Waals surface area contributed by atoms with E-state index in [1.165, 1.54) is 16.5 Å². The van der Waals surface area contributed by atoms with Crippen molar-refractivity contribution in [1.82, 2.24) is 19.5 Å². The van der Waals surface area contributed by atoms with E-state index in [0.29, 0.717) is 17.5 Å². The van der Waals surface area contributed by atoms with Gasteiger partial charge in [-0.1, -0.05) is 158 Å². The second-order valence-electron chi connectivity index (χ2n) is 14.0. The van der Waals surface area contributed by atoms with E-state index in [1.807, 2.05) is 72.8 Å². The smallest absolute Gasteiger partial charge is 0.164 e. The number of hydrogen-bond donors (Lipinski definition) is 0. The van der Waals surface area contributed by atoms with Crippen molar-refractivity contribution in [1.29, 1.82) is 0 Å². The van der Waals surface area contributed by atoms with E-state index in [-0.39, 0.29) is 0 Å². The Balaban J connectivity index is 1.16. The predicted octanol–water partition coefficient (Wildman–Crippen LogP) is 13.2. The number of benzene rings is 8. The molecule has 0 fully saturated rings. The maximum Gasteiger partial charge on any atom is 0.164 e. The molecule has 0 spiro atoms. The van der Waals surface area contributed by atoms with Crippen LogP contribution in [0.5, 0.6) is 0 Å². The zero-order valence-electron chi connectivity index (χ0n) is 30.2. The second kappa shape index (κ2) is 13.0. The maximum atomic E-state index is 6.70. The summed E-state index contributed by atoms with van der Waals surface area (Å²) in [6.07, 6.45) is 0. The molecular formula is C51H32N4O. The molecule has 0 aliphatic rings. The Kier molecular flexibility index (Phi) is 7.42. The molecule has 11 aromatic rings. The number of fused-ring (bicyclic) bond motifs is 7. The van der Waals surface area contributed by atoms with E-state index in [9.17, 15) is 0 Å². The van der Waals surface area contributed by atoms with Gasteiger partial charge in [-0.25, -0.2) is 15.0 Å². The van der Waals surface area contributed by atoms with Gasteiger partial charge >= 0.3 is 0 Å². The molecule has 0 aliphatic heterocycles. The summed E-state index contributed by atoms with van der Waals surface area (Å²) in [4.78, 5) is 15.2. The van der Waals surface area contributed by atoms with Crippen LogP contribution in [-0.4, -0.2) is 19.5 Å². The number of furan rings is 1. The maximum absolute atomic E-state index is 6.70. The van der Waals surface area contributed by atoms with Crippen LogP contribution in [0.25, 0.3) is 106 Å². The molecular weight excluding hydrogens is 685 g/mol. The fourth-order valence-electron chi connectivity index (χ4n) is 8.05. The minimum absolute atomic E-state index is 0.589. The number of hydrogen-bond acceptors (Lipinski definition) is 4. The minimum atomic E-state index is 0.589. The van der Waals surface area contributed by atoms with Crippen molar-refractivity contribution in [3.8, 4) is 62.1 Å².